The first-order valence-corrected chi connectivity index (χ1v) is 3.92. The molecule has 16 heavy (non-hydrogen) atoms. The van der Waals surface area contributed by atoms with Crippen molar-refractivity contribution in [2.24, 2.45) is 0 Å². The van der Waals surface area contributed by atoms with Gasteiger partial charge in [0.15, 0.2) is 6.10 Å². The van der Waals surface area contributed by atoms with Crippen LogP contribution in [-0.2, 0) is 0 Å². The van der Waals surface area contributed by atoms with Crippen molar-refractivity contribution in [1.82, 2.24) is 0 Å². The predicted molar refractivity (Wildman–Crippen MR) is 44.1 cm³/mol. The average molecular weight is 239 g/mol. The SMILES string of the molecule is O=[N+]([O-])c1cccc(F)c1C(O)C(F)(F)F. The molecule has 0 bridgehead atoms. The van der Waals surface area contributed by atoms with E-state index in [0.717, 1.165) is 6.07 Å². The molecule has 1 unspecified atom stereocenters. The van der Waals surface area contributed by atoms with Gasteiger partial charge in [-0.25, -0.2) is 4.39 Å². The summed E-state index contributed by atoms with van der Waals surface area (Å²) in [4.78, 5) is 9.18. The van der Waals surface area contributed by atoms with Crippen molar-refractivity contribution in [1.29, 1.82) is 0 Å². The number of rotatable bonds is 2. The number of alkyl halides is 3. The topological polar surface area (TPSA) is 63.4 Å². The molecule has 0 aliphatic heterocycles. The number of aliphatic hydroxyl groups is 1. The Morgan fingerprint density at radius 3 is 2.38 bits per heavy atom. The van der Waals surface area contributed by atoms with Crippen LogP contribution in [0.25, 0.3) is 0 Å². The molecule has 0 aliphatic rings. The Hall–Kier alpha value is -1.70. The van der Waals surface area contributed by atoms with Gasteiger partial charge in [0.2, 0.25) is 0 Å². The number of halogens is 4. The zero-order chi connectivity index (χ0) is 12.5. The highest BCUT2D eigenvalue weighted by atomic mass is 19.4. The fraction of sp³-hybridized carbons (Fsp3) is 0.250. The molecule has 8 heteroatoms. The summed E-state index contributed by atoms with van der Waals surface area (Å²) >= 11 is 0. The van der Waals surface area contributed by atoms with E-state index < -0.39 is 34.3 Å². The molecular weight excluding hydrogens is 234 g/mol. The first kappa shape index (κ1) is 12.4. The molecule has 0 amide bonds. The molecule has 0 fully saturated rings. The fourth-order valence-electron chi connectivity index (χ4n) is 1.12. The molecule has 1 N–H and O–H groups in total. The number of hydrogen-bond acceptors (Lipinski definition) is 3. The molecule has 88 valence electrons. The van der Waals surface area contributed by atoms with Gasteiger partial charge >= 0.3 is 6.18 Å². The molecule has 0 aromatic heterocycles. The molecule has 0 heterocycles. The molecule has 0 spiro atoms. The van der Waals surface area contributed by atoms with Crippen LogP contribution in [0.5, 0.6) is 0 Å². The molecule has 0 saturated heterocycles. The number of benzene rings is 1. The lowest BCUT2D eigenvalue weighted by Crippen LogP contribution is -2.22. The highest BCUT2D eigenvalue weighted by Crippen LogP contribution is 2.38. The minimum atomic E-state index is -5.16. The third-order valence-corrected chi connectivity index (χ3v) is 1.81. The van der Waals surface area contributed by atoms with Gasteiger partial charge in [-0.05, 0) is 6.07 Å². The molecular formula is C8H5F4NO3. The molecule has 1 atom stereocenters. The van der Waals surface area contributed by atoms with E-state index in [1.54, 1.807) is 0 Å². The van der Waals surface area contributed by atoms with Gasteiger partial charge in [-0.15, -0.1) is 0 Å². The third kappa shape index (κ3) is 2.27. The molecule has 1 rings (SSSR count). The largest absolute Gasteiger partial charge is 0.418 e. The summed E-state index contributed by atoms with van der Waals surface area (Å²) in [6.07, 6.45) is -8.37. The normalized spacial score (nSPS) is 13.6. The average Bonchev–Trinajstić information content (AvgIpc) is 2.14. The van der Waals surface area contributed by atoms with Crippen LogP contribution in [0.15, 0.2) is 18.2 Å². The van der Waals surface area contributed by atoms with Crippen LogP contribution in [0.2, 0.25) is 0 Å². The van der Waals surface area contributed by atoms with Gasteiger partial charge < -0.3 is 5.11 Å². The lowest BCUT2D eigenvalue weighted by atomic mass is 10.1. The van der Waals surface area contributed by atoms with E-state index in [0.29, 0.717) is 12.1 Å². The van der Waals surface area contributed by atoms with Crippen molar-refractivity contribution < 1.29 is 27.6 Å². The second kappa shape index (κ2) is 4.05. The van der Waals surface area contributed by atoms with Gasteiger partial charge in [0.1, 0.15) is 11.4 Å². The van der Waals surface area contributed by atoms with E-state index in [-0.39, 0.29) is 0 Å². The maximum Gasteiger partial charge on any atom is 0.418 e. The van der Waals surface area contributed by atoms with E-state index in [9.17, 15) is 27.7 Å². The number of nitrogens with zero attached hydrogens (tertiary/aromatic N) is 1. The summed E-state index contributed by atoms with van der Waals surface area (Å²) < 4.78 is 49.4. The fourth-order valence-corrected chi connectivity index (χ4v) is 1.12. The zero-order valence-electron chi connectivity index (χ0n) is 7.53. The van der Waals surface area contributed by atoms with E-state index in [1.807, 2.05) is 0 Å². The highest BCUT2D eigenvalue weighted by Gasteiger charge is 2.44. The van der Waals surface area contributed by atoms with Crippen LogP contribution in [0.3, 0.4) is 0 Å². The van der Waals surface area contributed by atoms with Crippen molar-refractivity contribution in [3.63, 3.8) is 0 Å². The Morgan fingerprint density at radius 1 is 1.38 bits per heavy atom. The number of hydrogen-bond donors (Lipinski definition) is 1. The molecule has 0 aliphatic carbocycles. The summed E-state index contributed by atoms with van der Waals surface area (Å²) in [6, 6.07) is 2.19. The molecule has 1 aromatic rings. The lowest BCUT2D eigenvalue weighted by Gasteiger charge is -2.15. The van der Waals surface area contributed by atoms with Crippen LogP contribution in [0, 0.1) is 15.9 Å². The standard InChI is InChI=1S/C8H5F4NO3/c9-4-2-1-3-5(13(15)16)6(4)7(14)8(10,11)12/h1-3,7,14H. The first-order chi connectivity index (χ1) is 7.25. The lowest BCUT2D eigenvalue weighted by molar-refractivity contribution is -0.387. The van der Waals surface area contributed by atoms with Crippen molar-refractivity contribution in [2.45, 2.75) is 12.3 Å². The smallest absolute Gasteiger partial charge is 0.379 e. The number of aliphatic hydroxyl groups excluding tert-OH is 1. The second-order valence-corrected chi connectivity index (χ2v) is 2.87. The molecule has 0 radical (unpaired) electrons. The predicted octanol–water partition coefficient (Wildman–Crippen LogP) is 2.33. The third-order valence-electron chi connectivity index (χ3n) is 1.81. The first-order valence-electron chi connectivity index (χ1n) is 3.92. The van der Waals surface area contributed by atoms with Crippen molar-refractivity contribution in [2.75, 3.05) is 0 Å². The zero-order valence-corrected chi connectivity index (χ0v) is 7.53. The van der Waals surface area contributed by atoms with Crippen LogP contribution in [0.4, 0.5) is 23.2 Å². The van der Waals surface area contributed by atoms with Crippen LogP contribution in [-0.4, -0.2) is 16.2 Å². The molecule has 4 nitrogen and oxygen atoms in total. The summed E-state index contributed by atoms with van der Waals surface area (Å²) in [6.45, 7) is 0. The summed E-state index contributed by atoms with van der Waals surface area (Å²) in [7, 11) is 0. The van der Waals surface area contributed by atoms with E-state index in [1.165, 1.54) is 0 Å². The molecule has 1 aromatic carbocycles. The Labute approximate surface area is 86.3 Å². The van der Waals surface area contributed by atoms with Gasteiger partial charge in [0.05, 0.1) is 4.92 Å². The van der Waals surface area contributed by atoms with E-state index in [4.69, 9.17) is 5.11 Å². The highest BCUT2D eigenvalue weighted by molar-refractivity contribution is 5.43. The second-order valence-electron chi connectivity index (χ2n) is 2.87. The minimum absolute atomic E-state index is 0.608. The van der Waals surface area contributed by atoms with Crippen LogP contribution >= 0.6 is 0 Å². The molecule has 0 saturated carbocycles. The van der Waals surface area contributed by atoms with Gasteiger partial charge in [0, 0.05) is 6.07 Å². The van der Waals surface area contributed by atoms with Gasteiger partial charge in [-0.2, -0.15) is 13.2 Å². The summed E-state index contributed by atoms with van der Waals surface area (Å²) in [5, 5.41) is 19.2. The van der Waals surface area contributed by atoms with Gasteiger partial charge in [0.25, 0.3) is 5.69 Å². The van der Waals surface area contributed by atoms with Crippen molar-refractivity contribution in [3.05, 3.63) is 39.7 Å². The summed E-state index contributed by atoms with van der Waals surface area (Å²) in [5.74, 6) is -1.47. The van der Waals surface area contributed by atoms with Gasteiger partial charge in [-0.1, -0.05) is 6.07 Å². The van der Waals surface area contributed by atoms with Crippen LogP contribution < -0.4 is 0 Å². The number of nitro benzene ring substituents is 1. The van der Waals surface area contributed by atoms with E-state index in [2.05, 4.69) is 0 Å². The Kier molecular flexibility index (Phi) is 3.13. The van der Waals surface area contributed by atoms with Crippen LogP contribution in [0.1, 0.15) is 11.7 Å². The van der Waals surface area contributed by atoms with Gasteiger partial charge in [-0.3, -0.25) is 10.1 Å². The Morgan fingerprint density at radius 2 is 1.94 bits per heavy atom. The number of nitro groups is 1. The Bertz CT molecular complexity index is 418. The van der Waals surface area contributed by atoms with Crippen molar-refractivity contribution >= 4 is 5.69 Å². The van der Waals surface area contributed by atoms with Crippen molar-refractivity contribution in [3.8, 4) is 0 Å². The maximum absolute atomic E-state index is 13.0. The summed E-state index contributed by atoms with van der Waals surface area (Å²) in [5.41, 5.74) is -2.48. The minimum Gasteiger partial charge on any atom is -0.379 e. The quantitative estimate of drug-likeness (QED) is 0.489. The maximum atomic E-state index is 13.0. The van der Waals surface area contributed by atoms with E-state index >= 15 is 0 Å². The monoisotopic (exact) mass is 239 g/mol. The Balaban J connectivity index is 3.36.